The molecule has 1 amide bonds. The van der Waals surface area contributed by atoms with Gasteiger partial charge in [0.15, 0.2) is 5.82 Å². The molecule has 2 aromatic heterocycles. The third kappa shape index (κ3) is 2.31. The number of carbonyl (C=O) groups excluding carboxylic acids is 1. The summed E-state index contributed by atoms with van der Waals surface area (Å²) < 4.78 is 4.71. The molecule has 0 saturated carbocycles. The van der Waals surface area contributed by atoms with Crippen LogP contribution >= 0.6 is 11.6 Å². The van der Waals surface area contributed by atoms with Crippen molar-refractivity contribution in [3.05, 3.63) is 29.1 Å². The predicted octanol–water partition coefficient (Wildman–Crippen LogP) is 1.07. The van der Waals surface area contributed by atoms with Crippen LogP contribution in [0, 0.1) is 6.92 Å². The van der Waals surface area contributed by atoms with E-state index in [1.165, 1.54) is 12.4 Å². The Hall–Kier alpha value is -2.02. The lowest BCUT2D eigenvalue weighted by Crippen LogP contribution is -2.14. The summed E-state index contributed by atoms with van der Waals surface area (Å²) in [6, 6.07) is 0.0132. The van der Waals surface area contributed by atoms with E-state index in [2.05, 4.69) is 25.4 Å². The lowest BCUT2D eigenvalue weighted by molar-refractivity contribution is 0.101. The summed E-state index contributed by atoms with van der Waals surface area (Å²) in [4.78, 5) is 22.9. The average Bonchev–Trinajstić information content (AvgIpc) is 2.65. The van der Waals surface area contributed by atoms with E-state index in [0.29, 0.717) is 5.82 Å². The smallest absolute Gasteiger partial charge is 0.315 e. The number of carbonyl (C=O) groups is 1. The van der Waals surface area contributed by atoms with E-state index in [1.54, 1.807) is 6.92 Å². The average molecular weight is 240 g/mol. The van der Waals surface area contributed by atoms with Crippen molar-refractivity contribution in [3.63, 3.8) is 0 Å². The Morgan fingerprint density at radius 1 is 1.44 bits per heavy atom. The topological polar surface area (TPSA) is 93.8 Å². The zero-order valence-corrected chi connectivity index (χ0v) is 8.89. The molecule has 0 atom stereocenters. The zero-order valence-electron chi connectivity index (χ0n) is 8.14. The van der Waals surface area contributed by atoms with Crippen molar-refractivity contribution in [1.82, 2.24) is 20.1 Å². The van der Waals surface area contributed by atoms with Gasteiger partial charge in [-0.3, -0.25) is 10.1 Å². The Balaban J connectivity index is 2.11. The molecule has 2 rings (SSSR count). The molecule has 0 saturated heterocycles. The van der Waals surface area contributed by atoms with Gasteiger partial charge in [-0.25, -0.2) is 9.97 Å². The lowest BCUT2D eigenvalue weighted by Gasteiger charge is -1.98. The van der Waals surface area contributed by atoms with Crippen molar-refractivity contribution in [3.8, 4) is 0 Å². The quantitative estimate of drug-likeness (QED) is 0.843. The van der Waals surface area contributed by atoms with Gasteiger partial charge in [0.2, 0.25) is 0 Å². The molecule has 0 aromatic carbocycles. The maximum Gasteiger partial charge on any atom is 0.328 e. The van der Waals surface area contributed by atoms with Crippen LogP contribution in [0.4, 0.5) is 6.01 Å². The molecular weight excluding hydrogens is 234 g/mol. The van der Waals surface area contributed by atoms with Crippen molar-refractivity contribution in [2.45, 2.75) is 6.92 Å². The number of aromatic nitrogens is 4. The molecule has 0 bridgehead atoms. The third-order valence-corrected chi connectivity index (χ3v) is 1.80. The number of halogens is 1. The molecule has 7 nitrogen and oxygen atoms in total. The van der Waals surface area contributed by atoms with Crippen LogP contribution in [0.3, 0.4) is 0 Å². The minimum absolute atomic E-state index is 0.0132. The highest BCUT2D eigenvalue weighted by Crippen LogP contribution is 2.06. The fourth-order valence-corrected chi connectivity index (χ4v) is 1.04. The molecule has 0 spiro atoms. The first-order valence-electron chi connectivity index (χ1n) is 4.24. The van der Waals surface area contributed by atoms with Crippen LogP contribution in [-0.2, 0) is 0 Å². The standard InChI is InChI=1S/C8H6ClN5O2/c1-4-12-8(16-14-4)13-7(15)5-2-11-6(9)3-10-5/h2-3H,1H3,(H,12,13,14,15). The summed E-state index contributed by atoms with van der Waals surface area (Å²) in [5.41, 5.74) is 0.111. The van der Waals surface area contributed by atoms with Crippen LogP contribution in [0.25, 0.3) is 0 Å². The number of nitrogens with one attached hydrogen (secondary N) is 1. The van der Waals surface area contributed by atoms with E-state index in [9.17, 15) is 4.79 Å². The number of aryl methyl sites for hydroxylation is 1. The number of hydrogen-bond acceptors (Lipinski definition) is 6. The summed E-state index contributed by atoms with van der Waals surface area (Å²) in [6.45, 7) is 1.64. The number of hydrogen-bond donors (Lipinski definition) is 1. The fourth-order valence-electron chi connectivity index (χ4n) is 0.939. The molecule has 0 unspecified atom stereocenters. The molecule has 2 heterocycles. The van der Waals surface area contributed by atoms with Gasteiger partial charge in [-0.2, -0.15) is 4.98 Å². The predicted molar refractivity (Wildman–Crippen MR) is 54.0 cm³/mol. The SMILES string of the molecule is Cc1noc(NC(=O)c2cnc(Cl)cn2)n1. The monoisotopic (exact) mass is 239 g/mol. The second kappa shape index (κ2) is 4.23. The highest BCUT2D eigenvalue weighted by molar-refractivity contribution is 6.29. The Labute approximate surface area is 94.9 Å². The van der Waals surface area contributed by atoms with E-state index in [4.69, 9.17) is 16.1 Å². The van der Waals surface area contributed by atoms with Gasteiger partial charge in [0, 0.05) is 0 Å². The molecule has 0 fully saturated rings. The molecule has 16 heavy (non-hydrogen) atoms. The van der Waals surface area contributed by atoms with Crippen molar-refractivity contribution in [1.29, 1.82) is 0 Å². The van der Waals surface area contributed by atoms with Crippen LogP contribution in [0.1, 0.15) is 16.3 Å². The Bertz CT molecular complexity index is 509. The second-order valence-corrected chi connectivity index (χ2v) is 3.21. The second-order valence-electron chi connectivity index (χ2n) is 2.83. The van der Waals surface area contributed by atoms with Crippen molar-refractivity contribution < 1.29 is 9.32 Å². The summed E-state index contributed by atoms with van der Waals surface area (Å²) in [5, 5.41) is 6.11. The molecule has 0 aliphatic rings. The van der Waals surface area contributed by atoms with E-state index in [0.717, 1.165) is 0 Å². The first-order valence-corrected chi connectivity index (χ1v) is 4.62. The summed E-state index contributed by atoms with van der Waals surface area (Å²) >= 11 is 5.53. The zero-order chi connectivity index (χ0) is 11.5. The maximum absolute atomic E-state index is 11.6. The van der Waals surface area contributed by atoms with Crippen LogP contribution in [0.15, 0.2) is 16.9 Å². The Morgan fingerprint density at radius 2 is 2.25 bits per heavy atom. The van der Waals surface area contributed by atoms with Gasteiger partial charge in [-0.05, 0) is 6.92 Å². The molecule has 82 valence electrons. The normalized spacial score (nSPS) is 10.1. The van der Waals surface area contributed by atoms with E-state index >= 15 is 0 Å². The number of rotatable bonds is 2. The minimum Gasteiger partial charge on any atom is -0.315 e. The lowest BCUT2D eigenvalue weighted by atomic mass is 10.4. The van der Waals surface area contributed by atoms with Gasteiger partial charge in [0.05, 0.1) is 12.4 Å². The van der Waals surface area contributed by atoms with Crippen LogP contribution in [0.2, 0.25) is 5.15 Å². The summed E-state index contributed by atoms with van der Waals surface area (Å²) in [6.07, 6.45) is 2.52. The molecular formula is C8H6ClN5O2. The highest BCUT2D eigenvalue weighted by Gasteiger charge is 2.11. The maximum atomic E-state index is 11.6. The first kappa shape index (κ1) is 10.5. The summed E-state index contributed by atoms with van der Waals surface area (Å²) in [7, 11) is 0. The molecule has 0 radical (unpaired) electrons. The first-order chi connectivity index (χ1) is 7.65. The van der Waals surface area contributed by atoms with Crippen molar-refractivity contribution >= 4 is 23.5 Å². The van der Waals surface area contributed by atoms with Crippen molar-refractivity contribution in [2.75, 3.05) is 5.32 Å². The third-order valence-electron chi connectivity index (χ3n) is 1.60. The highest BCUT2D eigenvalue weighted by atomic mass is 35.5. The molecule has 0 aliphatic carbocycles. The minimum atomic E-state index is -0.493. The number of nitrogens with zero attached hydrogens (tertiary/aromatic N) is 4. The van der Waals surface area contributed by atoms with Gasteiger partial charge >= 0.3 is 6.01 Å². The summed E-state index contributed by atoms with van der Waals surface area (Å²) in [5.74, 6) is -0.0645. The largest absolute Gasteiger partial charge is 0.328 e. The van der Waals surface area contributed by atoms with E-state index < -0.39 is 5.91 Å². The molecule has 0 aliphatic heterocycles. The number of anilines is 1. The van der Waals surface area contributed by atoms with Gasteiger partial charge in [0.25, 0.3) is 5.91 Å². The fraction of sp³-hybridized carbons (Fsp3) is 0.125. The van der Waals surface area contributed by atoms with E-state index in [-0.39, 0.29) is 16.9 Å². The van der Waals surface area contributed by atoms with Gasteiger partial charge < -0.3 is 4.52 Å². The Kier molecular flexibility index (Phi) is 2.78. The van der Waals surface area contributed by atoms with Crippen LogP contribution < -0.4 is 5.32 Å². The van der Waals surface area contributed by atoms with Crippen molar-refractivity contribution in [2.24, 2.45) is 0 Å². The molecule has 8 heteroatoms. The van der Waals surface area contributed by atoms with Gasteiger partial charge in [-0.1, -0.05) is 16.8 Å². The molecule has 1 N–H and O–H groups in total. The van der Waals surface area contributed by atoms with E-state index in [1.807, 2.05) is 0 Å². The van der Waals surface area contributed by atoms with Gasteiger partial charge in [0.1, 0.15) is 10.8 Å². The Morgan fingerprint density at radius 3 is 2.81 bits per heavy atom. The van der Waals surface area contributed by atoms with Crippen LogP contribution in [-0.4, -0.2) is 26.0 Å². The number of amides is 1. The molecule has 2 aromatic rings. The van der Waals surface area contributed by atoms with Gasteiger partial charge in [-0.15, -0.1) is 0 Å². The van der Waals surface area contributed by atoms with Crippen LogP contribution in [0.5, 0.6) is 0 Å².